The lowest BCUT2D eigenvalue weighted by molar-refractivity contribution is -0.142. The summed E-state index contributed by atoms with van der Waals surface area (Å²) in [6.45, 7) is 0.0879. The summed E-state index contributed by atoms with van der Waals surface area (Å²) >= 11 is 4.13. The first-order chi connectivity index (χ1) is 22.3. The van der Waals surface area contributed by atoms with Gasteiger partial charge < -0.3 is 65.5 Å². The van der Waals surface area contributed by atoms with E-state index < -0.39 is 71.8 Å². The number of carboxylic acids is 1. The van der Waals surface area contributed by atoms with Crippen LogP contribution in [0.25, 0.3) is 0 Å². The van der Waals surface area contributed by atoms with Crippen LogP contribution in [0, 0.1) is 0 Å². The number of hydrogen-bond donors (Lipinski definition) is 13. The van der Waals surface area contributed by atoms with E-state index in [4.69, 9.17) is 28.7 Å². The largest absolute Gasteiger partial charge is 0.508 e. The van der Waals surface area contributed by atoms with Crippen LogP contribution in [0.5, 0.6) is 5.75 Å². The second kappa shape index (κ2) is 21.7. The van der Waals surface area contributed by atoms with E-state index in [1.165, 1.54) is 24.3 Å². The molecule has 1 aromatic carbocycles. The average Bonchev–Trinajstić information content (AvgIpc) is 3.03. The summed E-state index contributed by atoms with van der Waals surface area (Å²) in [4.78, 5) is 76.6. The van der Waals surface area contributed by atoms with Crippen molar-refractivity contribution in [2.75, 3.05) is 31.9 Å². The van der Waals surface area contributed by atoms with Crippen LogP contribution in [0.1, 0.15) is 31.2 Å². The summed E-state index contributed by atoms with van der Waals surface area (Å²) in [7, 11) is 0. The van der Waals surface area contributed by atoms with E-state index in [9.17, 15) is 39.0 Å². The van der Waals surface area contributed by atoms with Crippen LogP contribution in [0.15, 0.2) is 24.3 Å². The molecular formula is C28H48N10O8S. The van der Waals surface area contributed by atoms with E-state index in [0.29, 0.717) is 5.56 Å². The fourth-order valence-corrected chi connectivity index (χ4v) is 4.50. The Morgan fingerprint density at radius 3 is 1.34 bits per heavy atom. The maximum absolute atomic E-state index is 13.2. The summed E-state index contributed by atoms with van der Waals surface area (Å²) < 4.78 is 0. The Balaban J connectivity index is 2.98. The van der Waals surface area contributed by atoms with E-state index in [1.807, 2.05) is 0 Å². The van der Waals surface area contributed by atoms with Gasteiger partial charge in [-0.3, -0.25) is 24.0 Å². The normalized spacial score (nSPS) is 14.8. The number of amides is 5. The Labute approximate surface area is 278 Å². The topological polar surface area (TPSA) is 333 Å². The fraction of sp³-hybridized carbons (Fsp3) is 0.571. The van der Waals surface area contributed by atoms with Gasteiger partial charge in [-0.05, 0) is 69.6 Å². The van der Waals surface area contributed by atoms with Gasteiger partial charge in [0.05, 0.1) is 6.04 Å². The van der Waals surface area contributed by atoms with Crippen molar-refractivity contribution in [3.63, 3.8) is 0 Å². The second-order valence-electron chi connectivity index (χ2n) is 10.6. The van der Waals surface area contributed by atoms with Crippen LogP contribution in [-0.4, -0.2) is 114 Å². The quantitative estimate of drug-likeness (QED) is 0.0510. The Bertz CT molecular complexity index is 1190. The minimum atomic E-state index is -1.37. The van der Waals surface area contributed by atoms with Gasteiger partial charge >= 0.3 is 5.97 Å². The van der Waals surface area contributed by atoms with Gasteiger partial charge in [0.1, 0.15) is 36.0 Å². The van der Waals surface area contributed by atoms with Crippen LogP contribution in [0.2, 0.25) is 0 Å². The van der Waals surface area contributed by atoms with Crippen LogP contribution in [0.4, 0.5) is 0 Å². The summed E-state index contributed by atoms with van der Waals surface area (Å²) in [5.41, 5.74) is 28.6. The van der Waals surface area contributed by atoms with Gasteiger partial charge in [0, 0.05) is 12.2 Å². The van der Waals surface area contributed by atoms with E-state index in [1.54, 1.807) is 0 Å². The molecule has 1 aromatic rings. The molecule has 17 N–H and O–H groups in total. The third kappa shape index (κ3) is 14.5. The number of phenols is 1. The van der Waals surface area contributed by atoms with Gasteiger partial charge in [0.25, 0.3) is 0 Å². The monoisotopic (exact) mass is 684 g/mol. The van der Waals surface area contributed by atoms with Gasteiger partial charge in [-0.15, -0.1) is 0 Å². The standard InChI is InChI=1S/C28H48N10O8S/c29-9-5-17(33)23(40)34-18(6-10-30)26(43)38-22(14-47)27(44)36-19(7-11-31)24(41)35-20(8-12-32)25(42)37-21(28(45)46)13-15-1-3-16(39)4-2-15/h1-4,17-22,39,47H,5-14,29-33H2,(H,34,40)(H,35,41)(H,36,44)(H,37,42)(H,38,43)(H,45,46)/t17-,18-,19-,20-,21-,22-/m0/s1. The molecule has 0 saturated carbocycles. The highest BCUT2D eigenvalue weighted by molar-refractivity contribution is 7.80. The molecule has 0 bridgehead atoms. The molecule has 19 heteroatoms. The highest BCUT2D eigenvalue weighted by Crippen LogP contribution is 2.12. The summed E-state index contributed by atoms with van der Waals surface area (Å²) in [6, 6.07) is -1.46. The highest BCUT2D eigenvalue weighted by atomic mass is 32.1. The predicted octanol–water partition coefficient (Wildman–Crippen LogP) is -4.90. The summed E-state index contributed by atoms with van der Waals surface area (Å²) in [5.74, 6) is -5.34. The Morgan fingerprint density at radius 1 is 0.596 bits per heavy atom. The number of carboxylic acid groups (broad SMARTS) is 1. The van der Waals surface area contributed by atoms with Crippen LogP contribution in [-0.2, 0) is 35.2 Å². The van der Waals surface area contributed by atoms with Gasteiger partial charge in [-0.1, -0.05) is 12.1 Å². The van der Waals surface area contributed by atoms with Crippen molar-refractivity contribution in [3.05, 3.63) is 29.8 Å². The number of aromatic hydroxyl groups is 1. The van der Waals surface area contributed by atoms with Gasteiger partial charge in [-0.2, -0.15) is 12.6 Å². The fourth-order valence-electron chi connectivity index (χ4n) is 4.25. The Morgan fingerprint density at radius 2 is 0.957 bits per heavy atom. The van der Waals surface area contributed by atoms with Crippen molar-refractivity contribution in [1.82, 2.24) is 26.6 Å². The summed E-state index contributed by atoms with van der Waals surface area (Å²) in [6.07, 6.45) is -0.0169. The van der Waals surface area contributed by atoms with Crippen molar-refractivity contribution in [2.45, 2.75) is 68.4 Å². The first-order valence-corrected chi connectivity index (χ1v) is 15.6. The number of aliphatic carboxylic acids is 1. The lowest BCUT2D eigenvalue weighted by atomic mass is 10.0. The highest BCUT2D eigenvalue weighted by Gasteiger charge is 2.32. The molecule has 47 heavy (non-hydrogen) atoms. The van der Waals surface area contributed by atoms with Crippen molar-refractivity contribution < 1.29 is 39.0 Å². The minimum Gasteiger partial charge on any atom is -0.508 e. The molecule has 264 valence electrons. The van der Waals surface area contributed by atoms with Gasteiger partial charge in [-0.25, -0.2) is 4.79 Å². The first-order valence-electron chi connectivity index (χ1n) is 15.0. The molecule has 0 radical (unpaired) electrons. The second-order valence-corrected chi connectivity index (χ2v) is 11.0. The SMILES string of the molecule is NCC[C@H](NC(=O)[C@H](CCN)NC(=O)[C@H](CS)NC(=O)[C@H](CCN)NC(=O)[C@@H](N)CCN)C(=O)N[C@@H](Cc1ccc(O)cc1)C(=O)O. The van der Waals surface area contributed by atoms with E-state index >= 15 is 0 Å². The smallest absolute Gasteiger partial charge is 0.326 e. The lowest BCUT2D eigenvalue weighted by Crippen LogP contribution is -2.60. The number of phenolic OH excluding ortho intramolecular Hbond substituents is 1. The van der Waals surface area contributed by atoms with Crippen molar-refractivity contribution >= 4 is 48.1 Å². The zero-order chi connectivity index (χ0) is 35.5. The summed E-state index contributed by atoms with van der Waals surface area (Å²) in [5, 5.41) is 31.4. The van der Waals surface area contributed by atoms with E-state index in [2.05, 4.69) is 39.2 Å². The minimum absolute atomic E-state index is 0.0129. The number of thiol groups is 1. The Hall–Kier alpha value is -4.01. The number of carbonyl (C=O) groups is 6. The maximum atomic E-state index is 13.2. The molecule has 0 unspecified atom stereocenters. The number of rotatable bonds is 22. The molecule has 0 aliphatic carbocycles. The molecule has 0 aromatic heterocycles. The van der Waals surface area contributed by atoms with Crippen LogP contribution >= 0.6 is 12.6 Å². The predicted molar refractivity (Wildman–Crippen MR) is 176 cm³/mol. The van der Waals surface area contributed by atoms with Crippen LogP contribution < -0.4 is 55.3 Å². The third-order valence-corrected chi connectivity index (χ3v) is 7.25. The lowest BCUT2D eigenvalue weighted by Gasteiger charge is -2.26. The zero-order valence-electron chi connectivity index (χ0n) is 26.0. The van der Waals surface area contributed by atoms with Crippen molar-refractivity contribution in [3.8, 4) is 5.75 Å². The van der Waals surface area contributed by atoms with Crippen molar-refractivity contribution in [1.29, 1.82) is 0 Å². The Kier molecular flexibility index (Phi) is 19.0. The molecule has 1 rings (SSSR count). The van der Waals surface area contributed by atoms with Gasteiger partial charge in [0.15, 0.2) is 0 Å². The maximum Gasteiger partial charge on any atom is 0.326 e. The number of nitrogens with one attached hydrogen (secondary N) is 5. The molecule has 5 amide bonds. The number of benzene rings is 1. The third-order valence-electron chi connectivity index (χ3n) is 6.89. The average molecular weight is 685 g/mol. The molecule has 0 aliphatic heterocycles. The number of nitrogens with two attached hydrogens (primary N) is 5. The number of carbonyl (C=O) groups excluding carboxylic acids is 5. The van der Waals surface area contributed by atoms with Crippen LogP contribution in [0.3, 0.4) is 0 Å². The van der Waals surface area contributed by atoms with E-state index in [0.717, 1.165) is 0 Å². The molecule has 0 heterocycles. The molecule has 18 nitrogen and oxygen atoms in total. The zero-order valence-corrected chi connectivity index (χ0v) is 26.9. The molecule has 6 atom stereocenters. The molecule has 0 saturated heterocycles. The first kappa shape index (κ1) is 41.0. The molecule has 0 aliphatic rings. The van der Waals surface area contributed by atoms with Crippen molar-refractivity contribution in [2.24, 2.45) is 28.7 Å². The van der Waals surface area contributed by atoms with Gasteiger partial charge in [0.2, 0.25) is 29.5 Å². The number of hydrogen-bond acceptors (Lipinski definition) is 13. The molecule has 0 fully saturated rings. The molecule has 0 spiro atoms. The molecular weight excluding hydrogens is 636 g/mol. The van der Waals surface area contributed by atoms with E-state index in [-0.39, 0.29) is 69.8 Å².